The molecule has 0 amide bonds. The topological polar surface area (TPSA) is 123 Å². The fraction of sp³-hybridized carbons (Fsp3) is 1.00. The third-order valence-electron chi connectivity index (χ3n) is 2.02. The summed E-state index contributed by atoms with van der Waals surface area (Å²) in [6.45, 7) is 0.556. The van der Waals surface area contributed by atoms with E-state index in [4.69, 9.17) is 14.7 Å². The predicted octanol–water partition coefficient (Wildman–Crippen LogP) is 0.823. The van der Waals surface area contributed by atoms with Crippen molar-refractivity contribution in [3.05, 3.63) is 0 Å². The Bertz CT molecular complexity index is 339. The molecule has 1 rings (SSSR count). The second-order valence-corrected chi connectivity index (χ2v) is 7.17. The Morgan fingerprint density at radius 2 is 2.00 bits per heavy atom. The molecular weight excluding hydrogens is 274 g/mol. The third kappa shape index (κ3) is 6.08. The van der Waals surface area contributed by atoms with Crippen LogP contribution in [0.5, 0.6) is 0 Å². The zero-order valence-corrected chi connectivity index (χ0v) is 11.0. The van der Waals surface area contributed by atoms with Crippen LogP contribution in [-0.4, -0.2) is 40.6 Å². The number of phosphoric acid groups is 1. The molecule has 17 heavy (non-hydrogen) atoms. The minimum absolute atomic E-state index is 0.220. The molecule has 0 radical (unpaired) electrons. The van der Waals surface area contributed by atoms with Crippen molar-refractivity contribution in [3.8, 4) is 0 Å². The van der Waals surface area contributed by atoms with Crippen LogP contribution in [0.3, 0.4) is 0 Å². The van der Waals surface area contributed by atoms with Gasteiger partial charge in [0.2, 0.25) is 0 Å². The molecule has 0 spiro atoms. The fourth-order valence-electron chi connectivity index (χ4n) is 1.43. The van der Waals surface area contributed by atoms with Crippen molar-refractivity contribution in [2.45, 2.75) is 31.7 Å². The van der Waals surface area contributed by atoms with Crippen LogP contribution in [0, 0.1) is 0 Å². The van der Waals surface area contributed by atoms with Crippen molar-refractivity contribution in [2.75, 3.05) is 13.3 Å². The lowest BCUT2D eigenvalue weighted by molar-refractivity contribution is -0.164. The van der Waals surface area contributed by atoms with E-state index in [1.165, 1.54) is 0 Å². The highest BCUT2D eigenvalue weighted by atomic mass is 31.3. The van der Waals surface area contributed by atoms with Crippen molar-refractivity contribution >= 4 is 15.4 Å². The molecule has 102 valence electrons. The minimum Gasteiger partial charge on any atom is -0.394 e. The van der Waals surface area contributed by atoms with Gasteiger partial charge in [0.25, 0.3) is 0 Å². The fourth-order valence-corrected chi connectivity index (χ4v) is 3.57. The summed E-state index contributed by atoms with van der Waals surface area (Å²) < 4.78 is 36.0. The Balaban J connectivity index is 2.52. The minimum atomic E-state index is -4.64. The van der Waals surface area contributed by atoms with E-state index in [1.54, 1.807) is 0 Å². The van der Waals surface area contributed by atoms with Gasteiger partial charge >= 0.3 is 15.4 Å². The SMILES string of the molecule is CP(=O)(O)OP(=O)(O)OC1CCCC(CO)O1. The Morgan fingerprint density at radius 3 is 2.53 bits per heavy atom. The number of ether oxygens (including phenoxy) is 1. The van der Waals surface area contributed by atoms with Gasteiger partial charge in [-0.15, -0.1) is 0 Å². The number of phosphoric ester groups is 1. The van der Waals surface area contributed by atoms with Crippen LogP contribution < -0.4 is 0 Å². The van der Waals surface area contributed by atoms with Crippen molar-refractivity contribution in [1.29, 1.82) is 0 Å². The summed E-state index contributed by atoms with van der Waals surface area (Å²) in [5.41, 5.74) is 0. The summed E-state index contributed by atoms with van der Waals surface area (Å²) in [5, 5.41) is 8.87. The molecule has 4 unspecified atom stereocenters. The largest absolute Gasteiger partial charge is 0.481 e. The maximum absolute atomic E-state index is 11.3. The molecule has 0 aromatic carbocycles. The Hall–Kier alpha value is 0.220. The monoisotopic (exact) mass is 290 g/mol. The molecule has 0 aliphatic carbocycles. The van der Waals surface area contributed by atoms with Crippen molar-refractivity contribution in [2.24, 2.45) is 0 Å². The van der Waals surface area contributed by atoms with Crippen LogP contribution in [0.15, 0.2) is 0 Å². The van der Waals surface area contributed by atoms with Crippen LogP contribution in [0.25, 0.3) is 0 Å². The second kappa shape index (κ2) is 5.91. The molecule has 0 saturated carbocycles. The molecule has 1 aliphatic heterocycles. The predicted molar refractivity (Wildman–Crippen MR) is 57.3 cm³/mol. The first-order valence-electron chi connectivity index (χ1n) is 5.01. The van der Waals surface area contributed by atoms with Gasteiger partial charge in [0, 0.05) is 6.66 Å². The van der Waals surface area contributed by atoms with Gasteiger partial charge in [-0.1, -0.05) is 0 Å². The van der Waals surface area contributed by atoms with Gasteiger partial charge in [0.05, 0.1) is 12.7 Å². The summed E-state index contributed by atoms with van der Waals surface area (Å²) in [6, 6.07) is 0. The molecule has 1 heterocycles. The number of aliphatic hydroxyl groups excluding tert-OH is 1. The maximum Gasteiger partial charge on any atom is 0.481 e. The number of aliphatic hydroxyl groups is 1. The molecule has 1 saturated heterocycles. The second-order valence-electron chi connectivity index (χ2n) is 3.76. The van der Waals surface area contributed by atoms with Gasteiger partial charge in [-0.05, 0) is 19.3 Å². The van der Waals surface area contributed by atoms with Gasteiger partial charge in [-0.3, -0.25) is 9.09 Å². The summed E-state index contributed by atoms with van der Waals surface area (Å²) in [6.07, 6.45) is 0.140. The lowest BCUT2D eigenvalue weighted by atomic mass is 10.1. The van der Waals surface area contributed by atoms with Crippen LogP contribution in [-0.2, 0) is 22.7 Å². The van der Waals surface area contributed by atoms with Crippen LogP contribution >= 0.6 is 15.4 Å². The first-order chi connectivity index (χ1) is 7.72. The average Bonchev–Trinajstić information content (AvgIpc) is 2.13. The molecule has 4 atom stereocenters. The van der Waals surface area contributed by atoms with E-state index in [1.807, 2.05) is 0 Å². The summed E-state index contributed by atoms with van der Waals surface area (Å²) in [4.78, 5) is 18.0. The summed E-state index contributed by atoms with van der Waals surface area (Å²) in [7, 11) is -8.76. The maximum atomic E-state index is 11.3. The zero-order chi connectivity index (χ0) is 13.1. The zero-order valence-electron chi connectivity index (χ0n) is 9.26. The summed E-state index contributed by atoms with van der Waals surface area (Å²) in [5.74, 6) is 0. The molecule has 0 aromatic heterocycles. The van der Waals surface area contributed by atoms with Gasteiger partial charge in [0.1, 0.15) is 0 Å². The van der Waals surface area contributed by atoms with Crippen LogP contribution in [0.4, 0.5) is 0 Å². The average molecular weight is 290 g/mol. The van der Waals surface area contributed by atoms with E-state index in [2.05, 4.69) is 8.83 Å². The van der Waals surface area contributed by atoms with Gasteiger partial charge in [-0.2, -0.15) is 0 Å². The molecular formula is C7H16O8P2. The van der Waals surface area contributed by atoms with E-state index in [0.29, 0.717) is 19.3 Å². The normalized spacial score (nSPS) is 32.7. The van der Waals surface area contributed by atoms with E-state index < -0.39 is 27.8 Å². The smallest absolute Gasteiger partial charge is 0.394 e. The highest BCUT2D eigenvalue weighted by Crippen LogP contribution is 2.58. The summed E-state index contributed by atoms with van der Waals surface area (Å²) >= 11 is 0. The lowest BCUT2D eigenvalue weighted by Crippen LogP contribution is -2.31. The number of hydrogen-bond acceptors (Lipinski definition) is 6. The molecule has 3 N–H and O–H groups in total. The van der Waals surface area contributed by atoms with E-state index in [-0.39, 0.29) is 6.61 Å². The number of rotatable bonds is 5. The van der Waals surface area contributed by atoms with Gasteiger partial charge in [-0.25, -0.2) is 8.88 Å². The van der Waals surface area contributed by atoms with E-state index in [0.717, 1.165) is 6.66 Å². The van der Waals surface area contributed by atoms with Crippen molar-refractivity contribution in [3.63, 3.8) is 0 Å². The third-order valence-corrected chi connectivity index (χ3v) is 4.56. The molecule has 0 bridgehead atoms. The van der Waals surface area contributed by atoms with Gasteiger partial charge in [0.15, 0.2) is 6.29 Å². The van der Waals surface area contributed by atoms with Gasteiger partial charge < -0.3 is 19.6 Å². The van der Waals surface area contributed by atoms with E-state index in [9.17, 15) is 14.0 Å². The molecule has 8 nitrogen and oxygen atoms in total. The molecule has 0 aromatic rings. The Labute approximate surface area is 98.7 Å². The molecule has 10 heteroatoms. The van der Waals surface area contributed by atoms with Crippen LogP contribution in [0.2, 0.25) is 0 Å². The first-order valence-corrected chi connectivity index (χ1v) is 8.53. The quantitative estimate of drug-likeness (QED) is 0.636. The molecule has 1 fully saturated rings. The molecule has 1 aliphatic rings. The highest BCUT2D eigenvalue weighted by molar-refractivity contribution is 7.63. The van der Waals surface area contributed by atoms with Crippen molar-refractivity contribution < 1.29 is 37.6 Å². The van der Waals surface area contributed by atoms with Crippen molar-refractivity contribution in [1.82, 2.24) is 0 Å². The highest BCUT2D eigenvalue weighted by Gasteiger charge is 2.35. The Morgan fingerprint density at radius 1 is 1.35 bits per heavy atom. The standard InChI is InChI=1S/C7H16O8P2/c1-16(9,10)15-17(11,12)14-7-4-2-3-6(5-8)13-7/h6-8H,2-5H2,1H3,(H,9,10)(H,11,12). The van der Waals surface area contributed by atoms with E-state index >= 15 is 0 Å². The number of hydrogen-bond donors (Lipinski definition) is 3. The van der Waals surface area contributed by atoms with Crippen LogP contribution in [0.1, 0.15) is 19.3 Å². The first kappa shape index (κ1) is 15.3. The lowest BCUT2D eigenvalue weighted by Gasteiger charge is -2.29. The Kier molecular flexibility index (Phi) is 5.31.